The molecule has 1 aromatic heterocycles. The van der Waals surface area contributed by atoms with Gasteiger partial charge in [-0.25, -0.2) is 4.98 Å². The molecule has 21 heavy (non-hydrogen) atoms. The molecule has 1 aromatic carbocycles. The van der Waals surface area contributed by atoms with E-state index in [2.05, 4.69) is 20.5 Å². The van der Waals surface area contributed by atoms with E-state index in [4.69, 9.17) is 0 Å². The molecule has 2 aromatic rings. The number of rotatable bonds is 6. The van der Waals surface area contributed by atoms with Gasteiger partial charge in [-0.2, -0.15) is 18.3 Å². The summed E-state index contributed by atoms with van der Waals surface area (Å²) in [5, 5.41) is 10.3. The summed E-state index contributed by atoms with van der Waals surface area (Å²) in [6.45, 7) is 2.58. The second-order valence-corrected chi connectivity index (χ2v) is 5.34. The molecule has 1 heterocycles. The van der Waals surface area contributed by atoms with Gasteiger partial charge in [0.2, 0.25) is 0 Å². The second kappa shape index (κ2) is 6.95. The minimum Gasteiger partial charge on any atom is -0.309 e. The molecule has 0 saturated carbocycles. The zero-order chi connectivity index (χ0) is 15.3. The van der Waals surface area contributed by atoms with E-state index in [1.54, 1.807) is 6.07 Å². The number of aromatic nitrogens is 3. The van der Waals surface area contributed by atoms with E-state index in [0.717, 1.165) is 6.07 Å². The maximum atomic E-state index is 12.8. The third kappa shape index (κ3) is 4.47. The Labute approximate surface area is 124 Å². The number of H-pyrrole nitrogens is 1. The molecule has 4 nitrogen and oxygen atoms in total. The Morgan fingerprint density at radius 1 is 1.38 bits per heavy atom. The van der Waals surface area contributed by atoms with E-state index < -0.39 is 11.7 Å². The fourth-order valence-electron chi connectivity index (χ4n) is 1.88. The highest BCUT2D eigenvalue weighted by Crippen LogP contribution is 2.31. The van der Waals surface area contributed by atoms with Crippen molar-refractivity contribution in [3.8, 4) is 0 Å². The predicted octanol–water partition coefficient (Wildman–Crippen LogP) is 3.27. The maximum Gasteiger partial charge on any atom is 0.416 e. The largest absolute Gasteiger partial charge is 0.416 e. The van der Waals surface area contributed by atoms with Crippen molar-refractivity contribution >= 4 is 11.8 Å². The number of hydrogen-bond donors (Lipinski definition) is 2. The molecule has 0 amide bonds. The van der Waals surface area contributed by atoms with Gasteiger partial charge in [-0.15, -0.1) is 0 Å². The van der Waals surface area contributed by atoms with Crippen molar-refractivity contribution in [1.29, 1.82) is 0 Å². The highest BCUT2D eigenvalue weighted by molar-refractivity contribution is 7.99. The number of nitrogens with zero attached hydrogens (tertiary/aromatic N) is 2. The number of alkyl halides is 3. The summed E-state index contributed by atoms with van der Waals surface area (Å²) in [6, 6.07) is 5.21. The molecule has 0 aliphatic rings. The van der Waals surface area contributed by atoms with Gasteiger partial charge < -0.3 is 5.32 Å². The SMILES string of the molecule is CCNC(CSc1ncn[nH]1)c1cccc(C(F)(F)F)c1. The van der Waals surface area contributed by atoms with E-state index in [9.17, 15) is 13.2 Å². The molecule has 0 spiro atoms. The summed E-state index contributed by atoms with van der Waals surface area (Å²) in [7, 11) is 0. The molecule has 0 aliphatic carbocycles. The normalized spacial score (nSPS) is 13.3. The standard InChI is InChI=1S/C13H15F3N4S/c1-2-17-11(7-21-12-18-8-19-20-12)9-4-3-5-10(6-9)13(14,15)16/h3-6,8,11,17H,2,7H2,1H3,(H,18,19,20). The number of aromatic amines is 1. The first-order chi connectivity index (χ1) is 10.0. The summed E-state index contributed by atoms with van der Waals surface area (Å²) < 4.78 is 38.3. The molecular weight excluding hydrogens is 301 g/mol. The van der Waals surface area contributed by atoms with Crippen LogP contribution >= 0.6 is 11.8 Å². The molecule has 8 heteroatoms. The van der Waals surface area contributed by atoms with Gasteiger partial charge in [-0.05, 0) is 24.2 Å². The lowest BCUT2D eigenvalue weighted by Crippen LogP contribution is -2.23. The lowest BCUT2D eigenvalue weighted by molar-refractivity contribution is -0.137. The van der Waals surface area contributed by atoms with Crippen LogP contribution in [-0.2, 0) is 6.18 Å². The van der Waals surface area contributed by atoms with Crippen molar-refractivity contribution in [2.24, 2.45) is 0 Å². The van der Waals surface area contributed by atoms with Crippen LogP contribution in [0.25, 0.3) is 0 Å². The van der Waals surface area contributed by atoms with Crippen LogP contribution in [0.2, 0.25) is 0 Å². The fraction of sp³-hybridized carbons (Fsp3) is 0.385. The van der Waals surface area contributed by atoms with Gasteiger partial charge in [-0.1, -0.05) is 30.8 Å². The number of nitrogens with one attached hydrogen (secondary N) is 2. The van der Waals surface area contributed by atoms with Crippen molar-refractivity contribution in [3.05, 3.63) is 41.7 Å². The Balaban J connectivity index is 2.13. The molecular formula is C13H15F3N4S. The highest BCUT2D eigenvalue weighted by atomic mass is 32.2. The Hall–Kier alpha value is -1.54. The second-order valence-electron chi connectivity index (χ2n) is 4.34. The van der Waals surface area contributed by atoms with E-state index in [1.165, 1.54) is 30.2 Å². The average molecular weight is 316 g/mol. The highest BCUT2D eigenvalue weighted by Gasteiger charge is 2.30. The number of halogens is 3. The number of benzene rings is 1. The number of hydrogen-bond acceptors (Lipinski definition) is 4. The Morgan fingerprint density at radius 3 is 2.81 bits per heavy atom. The molecule has 0 bridgehead atoms. The summed E-state index contributed by atoms with van der Waals surface area (Å²) >= 11 is 1.41. The lowest BCUT2D eigenvalue weighted by atomic mass is 10.0. The maximum absolute atomic E-state index is 12.8. The van der Waals surface area contributed by atoms with Crippen LogP contribution in [0.15, 0.2) is 35.7 Å². The molecule has 0 aliphatic heterocycles. The van der Waals surface area contributed by atoms with E-state index >= 15 is 0 Å². The third-order valence-electron chi connectivity index (χ3n) is 2.85. The van der Waals surface area contributed by atoms with Crippen LogP contribution in [0.4, 0.5) is 13.2 Å². The molecule has 0 saturated heterocycles. The van der Waals surface area contributed by atoms with Crippen LogP contribution < -0.4 is 5.32 Å². The monoisotopic (exact) mass is 316 g/mol. The molecule has 114 valence electrons. The molecule has 0 fully saturated rings. The van der Waals surface area contributed by atoms with Crippen molar-refractivity contribution < 1.29 is 13.2 Å². The molecule has 2 rings (SSSR count). The molecule has 1 atom stereocenters. The molecule has 2 N–H and O–H groups in total. The van der Waals surface area contributed by atoms with E-state index in [0.29, 0.717) is 23.0 Å². The zero-order valence-corrected chi connectivity index (χ0v) is 12.1. The van der Waals surface area contributed by atoms with Crippen molar-refractivity contribution in [2.45, 2.75) is 24.3 Å². The van der Waals surface area contributed by atoms with Crippen molar-refractivity contribution in [3.63, 3.8) is 0 Å². The Kier molecular flexibility index (Phi) is 5.24. The van der Waals surface area contributed by atoms with Crippen molar-refractivity contribution in [1.82, 2.24) is 20.5 Å². The van der Waals surface area contributed by atoms with Crippen LogP contribution in [0.1, 0.15) is 24.1 Å². The molecule has 0 radical (unpaired) electrons. The van der Waals surface area contributed by atoms with Crippen LogP contribution in [0.5, 0.6) is 0 Å². The van der Waals surface area contributed by atoms with Crippen LogP contribution in [-0.4, -0.2) is 27.5 Å². The summed E-state index contributed by atoms with van der Waals surface area (Å²) in [6.07, 6.45) is -2.93. The van der Waals surface area contributed by atoms with Gasteiger partial charge in [0, 0.05) is 11.8 Å². The first-order valence-electron chi connectivity index (χ1n) is 6.39. The zero-order valence-electron chi connectivity index (χ0n) is 11.3. The van der Waals surface area contributed by atoms with Crippen molar-refractivity contribution in [2.75, 3.05) is 12.3 Å². The number of thioether (sulfide) groups is 1. The van der Waals surface area contributed by atoms with E-state index in [1.807, 2.05) is 6.92 Å². The minimum atomic E-state index is -4.33. The third-order valence-corrected chi connectivity index (χ3v) is 3.82. The van der Waals surface area contributed by atoms with Crippen LogP contribution in [0, 0.1) is 0 Å². The lowest BCUT2D eigenvalue weighted by Gasteiger charge is -2.18. The van der Waals surface area contributed by atoms with Gasteiger partial charge >= 0.3 is 6.18 Å². The minimum absolute atomic E-state index is 0.188. The summed E-state index contributed by atoms with van der Waals surface area (Å²) in [5.74, 6) is 0.560. The first-order valence-corrected chi connectivity index (χ1v) is 7.38. The van der Waals surface area contributed by atoms with Crippen LogP contribution in [0.3, 0.4) is 0 Å². The predicted molar refractivity (Wildman–Crippen MR) is 75.0 cm³/mol. The van der Waals surface area contributed by atoms with Gasteiger partial charge in [0.25, 0.3) is 0 Å². The van der Waals surface area contributed by atoms with Gasteiger partial charge in [0.15, 0.2) is 5.16 Å². The molecule has 1 unspecified atom stereocenters. The average Bonchev–Trinajstić information content (AvgIpc) is 2.96. The van der Waals surface area contributed by atoms with Gasteiger partial charge in [0.1, 0.15) is 6.33 Å². The summed E-state index contributed by atoms with van der Waals surface area (Å²) in [4.78, 5) is 3.99. The Morgan fingerprint density at radius 2 is 2.19 bits per heavy atom. The van der Waals surface area contributed by atoms with Gasteiger partial charge in [-0.3, -0.25) is 5.10 Å². The Bertz CT molecular complexity index is 557. The summed E-state index contributed by atoms with van der Waals surface area (Å²) in [5.41, 5.74) is -0.0220. The quantitative estimate of drug-likeness (QED) is 0.803. The fourth-order valence-corrected chi connectivity index (χ4v) is 2.75. The topological polar surface area (TPSA) is 53.6 Å². The van der Waals surface area contributed by atoms with E-state index in [-0.39, 0.29) is 6.04 Å². The van der Waals surface area contributed by atoms with Gasteiger partial charge in [0.05, 0.1) is 5.56 Å². The first kappa shape index (κ1) is 15.8. The smallest absolute Gasteiger partial charge is 0.309 e.